The largest absolute Gasteiger partial charge is 0.416 e. The van der Waals surface area contributed by atoms with Crippen molar-refractivity contribution in [2.45, 2.75) is 32.4 Å². The lowest BCUT2D eigenvalue weighted by Crippen LogP contribution is -2.38. The highest BCUT2D eigenvalue weighted by Gasteiger charge is 2.31. The molecule has 0 unspecified atom stereocenters. The molecular weight excluding hydrogens is 279 g/mol. The van der Waals surface area contributed by atoms with Gasteiger partial charge in [0.1, 0.15) is 5.82 Å². The van der Waals surface area contributed by atoms with Crippen molar-refractivity contribution in [2.24, 2.45) is 5.92 Å². The number of anilines is 1. The predicted molar refractivity (Wildman–Crippen MR) is 77.3 cm³/mol. The number of nitrogens with one attached hydrogen (secondary N) is 1. The van der Waals surface area contributed by atoms with Crippen LogP contribution in [0.3, 0.4) is 0 Å². The molecule has 0 aliphatic carbocycles. The first-order valence-corrected chi connectivity index (χ1v) is 7.49. The zero-order valence-corrected chi connectivity index (χ0v) is 12.3. The molecule has 1 aliphatic heterocycles. The first-order chi connectivity index (χ1) is 10.0. The van der Waals surface area contributed by atoms with E-state index in [4.69, 9.17) is 0 Å². The van der Waals surface area contributed by atoms with Gasteiger partial charge in [0.15, 0.2) is 0 Å². The lowest BCUT2D eigenvalue weighted by molar-refractivity contribution is -0.137. The summed E-state index contributed by atoms with van der Waals surface area (Å²) in [4.78, 5) is 6.04. The van der Waals surface area contributed by atoms with Crippen LogP contribution in [0.25, 0.3) is 0 Å². The molecule has 21 heavy (non-hydrogen) atoms. The average molecular weight is 301 g/mol. The van der Waals surface area contributed by atoms with E-state index in [9.17, 15) is 13.2 Å². The van der Waals surface area contributed by atoms with Gasteiger partial charge in [-0.25, -0.2) is 4.98 Å². The summed E-state index contributed by atoms with van der Waals surface area (Å²) in [5, 5.41) is 3.41. The van der Waals surface area contributed by atoms with Gasteiger partial charge in [-0.2, -0.15) is 13.2 Å². The molecule has 2 heterocycles. The molecule has 1 saturated heterocycles. The van der Waals surface area contributed by atoms with Gasteiger partial charge < -0.3 is 10.2 Å². The van der Waals surface area contributed by atoms with Crippen LogP contribution in [0, 0.1) is 5.92 Å². The summed E-state index contributed by atoms with van der Waals surface area (Å²) in [5.41, 5.74) is -0.626. The predicted octanol–water partition coefficient (Wildman–Crippen LogP) is 3.32. The van der Waals surface area contributed by atoms with Crippen molar-refractivity contribution < 1.29 is 13.2 Å². The van der Waals surface area contributed by atoms with E-state index in [0.29, 0.717) is 11.7 Å². The summed E-state index contributed by atoms with van der Waals surface area (Å²) in [6, 6.07) is 2.17. The smallest absolute Gasteiger partial charge is 0.357 e. The van der Waals surface area contributed by atoms with E-state index in [1.165, 1.54) is 6.20 Å². The maximum Gasteiger partial charge on any atom is 0.416 e. The lowest BCUT2D eigenvalue weighted by Gasteiger charge is -2.33. The minimum absolute atomic E-state index is 0.435. The molecule has 1 N–H and O–H groups in total. The van der Waals surface area contributed by atoms with Gasteiger partial charge in [-0.1, -0.05) is 6.92 Å². The average Bonchev–Trinajstić information content (AvgIpc) is 2.47. The van der Waals surface area contributed by atoms with E-state index in [1.54, 1.807) is 0 Å². The number of hydrogen-bond donors (Lipinski definition) is 1. The third-order valence-corrected chi connectivity index (χ3v) is 3.87. The Morgan fingerprint density at radius 2 is 2.05 bits per heavy atom. The third kappa shape index (κ3) is 4.59. The Kier molecular flexibility index (Phi) is 5.45. The number of rotatable bonds is 5. The van der Waals surface area contributed by atoms with Crippen molar-refractivity contribution >= 4 is 5.82 Å². The fourth-order valence-corrected chi connectivity index (χ4v) is 2.62. The monoisotopic (exact) mass is 301 g/mol. The zero-order valence-electron chi connectivity index (χ0n) is 12.3. The van der Waals surface area contributed by atoms with Crippen LogP contribution in [0.5, 0.6) is 0 Å². The number of pyridine rings is 1. The van der Waals surface area contributed by atoms with E-state index < -0.39 is 11.7 Å². The van der Waals surface area contributed by atoms with Crippen molar-refractivity contribution in [2.75, 3.05) is 31.1 Å². The first kappa shape index (κ1) is 16.1. The molecule has 0 aromatic carbocycles. The highest BCUT2D eigenvalue weighted by atomic mass is 19.4. The van der Waals surface area contributed by atoms with E-state index in [-0.39, 0.29) is 0 Å². The van der Waals surface area contributed by atoms with Crippen LogP contribution in [0.4, 0.5) is 19.0 Å². The zero-order chi connectivity index (χ0) is 15.3. The summed E-state index contributed by atoms with van der Waals surface area (Å²) < 4.78 is 38.1. The normalized spacial score (nSPS) is 17.2. The van der Waals surface area contributed by atoms with Crippen LogP contribution in [0.1, 0.15) is 31.7 Å². The molecule has 0 spiro atoms. The molecule has 2 rings (SSSR count). The lowest BCUT2D eigenvalue weighted by atomic mass is 9.96. The summed E-state index contributed by atoms with van der Waals surface area (Å²) >= 11 is 0. The van der Waals surface area contributed by atoms with Gasteiger partial charge in [-0.15, -0.1) is 0 Å². The van der Waals surface area contributed by atoms with Crippen LogP contribution in [0.15, 0.2) is 18.3 Å². The first-order valence-electron chi connectivity index (χ1n) is 7.49. The van der Waals surface area contributed by atoms with E-state index in [2.05, 4.69) is 17.2 Å². The van der Waals surface area contributed by atoms with Crippen molar-refractivity contribution in [3.05, 3.63) is 23.9 Å². The van der Waals surface area contributed by atoms with Gasteiger partial charge in [0.05, 0.1) is 5.56 Å². The molecule has 1 aromatic rings. The number of halogens is 3. The van der Waals surface area contributed by atoms with Gasteiger partial charge >= 0.3 is 6.18 Å². The molecule has 1 aliphatic rings. The van der Waals surface area contributed by atoms with Crippen LogP contribution >= 0.6 is 0 Å². The Morgan fingerprint density at radius 1 is 1.33 bits per heavy atom. The van der Waals surface area contributed by atoms with Crippen LogP contribution in [-0.2, 0) is 6.18 Å². The van der Waals surface area contributed by atoms with Gasteiger partial charge in [-0.05, 0) is 50.4 Å². The second kappa shape index (κ2) is 7.11. The SMILES string of the molecule is CCCNCC1CCN(c2cc(C(F)(F)F)ccn2)CC1. The van der Waals surface area contributed by atoms with Gasteiger partial charge in [0.2, 0.25) is 0 Å². The van der Waals surface area contributed by atoms with Crippen molar-refractivity contribution in [3.8, 4) is 0 Å². The van der Waals surface area contributed by atoms with E-state index in [1.807, 2.05) is 4.90 Å². The molecule has 0 saturated carbocycles. The van der Waals surface area contributed by atoms with Gasteiger partial charge in [0, 0.05) is 19.3 Å². The number of aromatic nitrogens is 1. The number of alkyl halides is 3. The Morgan fingerprint density at radius 3 is 2.67 bits per heavy atom. The van der Waals surface area contributed by atoms with Crippen molar-refractivity contribution in [1.29, 1.82) is 0 Å². The fourth-order valence-electron chi connectivity index (χ4n) is 2.62. The van der Waals surface area contributed by atoms with Gasteiger partial charge in [-0.3, -0.25) is 0 Å². The quantitative estimate of drug-likeness (QED) is 0.846. The molecule has 0 radical (unpaired) electrons. The maximum absolute atomic E-state index is 12.7. The molecule has 1 aromatic heterocycles. The summed E-state index contributed by atoms with van der Waals surface area (Å²) in [6.45, 7) is 5.70. The molecule has 3 nitrogen and oxygen atoms in total. The van der Waals surface area contributed by atoms with Gasteiger partial charge in [0.25, 0.3) is 0 Å². The Hall–Kier alpha value is -1.30. The summed E-state index contributed by atoms with van der Waals surface area (Å²) in [7, 11) is 0. The Balaban J connectivity index is 1.90. The second-order valence-corrected chi connectivity index (χ2v) is 5.54. The van der Waals surface area contributed by atoms with Crippen molar-refractivity contribution in [1.82, 2.24) is 10.3 Å². The number of piperidine rings is 1. The highest BCUT2D eigenvalue weighted by Crippen LogP contribution is 2.31. The molecule has 0 amide bonds. The molecule has 118 valence electrons. The molecule has 0 atom stereocenters. The minimum atomic E-state index is -4.31. The molecule has 1 fully saturated rings. The highest BCUT2D eigenvalue weighted by molar-refractivity contribution is 5.42. The topological polar surface area (TPSA) is 28.2 Å². The van der Waals surface area contributed by atoms with Crippen LogP contribution in [-0.4, -0.2) is 31.2 Å². The third-order valence-electron chi connectivity index (χ3n) is 3.87. The standard InChI is InChI=1S/C15H22F3N3/c1-2-6-19-11-12-4-8-21(9-5-12)14-10-13(3-7-20-14)15(16,17)18/h3,7,10,12,19H,2,4-6,8-9,11H2,1H3. The van der Waals surface area contributed by atoms with E-state index in [0.717, 1.165) is 57.6 Å². The summed E-state index contributed by atoms with van der Waals surface area (Å²) in [6.07, 6.45) is 0.0451. The van der Waals surface area contributed by atoms with Crippen LogP contribution < -0.4 is 10.2 Å². The molecule has 0 bridgehead atoms. The summed E-state index contributed by atoms with van der Waals surface area (Å²) in [5.74, 6) is 1.04. The Labute approximate surface area is 123 Å². The Bertz CT molecular complexity index is 440. The van der Waals surface area contributed by atoms with Crippen molar-refractivity contribution in [3.63, 3.8) is 0 Å². The van der Waals surface area contributed by atoms with Crippen LogP contribution in [0.2, 0.25) is 0 Å². The van der Waals surface area contributed by atoms with E-state index >= 15 is 0 Å². The number of nitrogens with zero attached hydrogens (tertiary/aromatic N) is 2. The fraction of sp³-hybridized carbons (Fsp3) is 0.667. The maximum atomic E-state index is 12.7. The number of hydrogen-bond acceptors (Lipinski definition) is 3. The minimum Gasteiger partial charge on any atom is -0.357 e. The molecular formula is C15H22F3N3. The molecule has 6 heteroatoms. The second-order valence-electron chi connectivity index (χ2n) is 5.54.